The van der Waals surface area contributed by atoms with Crippen LogP contribution in [0.4, 0.5) is 0 Å². The fraction of sp³-hybridized carbons (Fsp3) is 0.304. The van der Waals surface area contributed by atoms with Gasteiger partial charge in [-0.1, -0.05) is 0 Å². The number of fused-ring (bicyclic) bond motifs is 2. The highest BCUT2D eigenvalue weighted by Gasteiger charge is 2.53. The van der Waals surface area contributed by atoms with Gasteiger partial charge in [0.25, 0.3) is 11.8 Å². The van der Waals surface area contributed by atoms with Crippen LogP contribution in [0.1, 0.15) is 40.1 Å². The summed E-state index contributed by atoms with van der Waals surface area (Å²) in [6.45, 7) is 0.990. The van der Waals surface area contributed by atoms with Gasteiger partial charge < -0.3 is 19.7 Å². The Morgan fingerprint density at radius 2 is 2.16 bits per heavy atom. The van der Waals surface area contributed by atoms with Crippen LogP contribution in [0.25, 0.3) is 16.6 Å². The molecule has 3 aromatic heterocycles. The van der Waals surface area contributed by atoms with Crippen molar-refractivity contribution in [2.45, 2.75) is 25.3 Å². The fourth-order valence-electron chi connectivity index (χ4n) is 4.71. The highest BCUT2D eigenvalue weighted by Crippen LogP contribution is 2.55. The molecule has 162 valence electrons. The summed E-state index contributed by atoms with van der Waals surface area (Å²) in [6, 6.07) is 8.07. The average Bonchev–Trinajstić information content (AvgIpc) is 3.15. The van der Waals surface area contributed by atoms with Crippen molar-refractivity contribution in [1.82, 2.24) is 24.8 Å². The van der Waals surface area contributed by atoms with Crippen LogP contribution in [0.5, 0.6) is 5.75 Å². The molecule has 1 unspecified atom stereocenters. The molecule has 4 heterocycles. The largest absolute Gasteiger partial charge is 0.507 e. The van der Waals surface area contributed by atoms with E-state index in [1.165, 1.54) is 12.3 Å². The first kappa shape index (κ1) is 18.9. The molecule has 2 amide bonds. The lowest BCUT2D eigenvalue weighted by Crippen LogP contribution is -2.43. The maximum atomic E-state index is 13.4. The van der Waals surface area contributed by atoms with Crippen molar-refractivity contribution in [3.05, 3.63) is 60.2 Å². The minimum Gasteiger partial charge on any atom is -0.507 e. The summed E-state index contributed by atoms with van der Waals surface area (Å²) < 4.78 is 6.94. The quantitative estimate of drug-likeness (QED) is 0.514. The molecule has 1 aromatic carbocycles. The molecule has 4 aromatic rings. The molecule has 9 nitrogen and oxygen atoms in total. The number of amides is 2. The summed E-state index contributed by atoms with van der Waals surface area (Å²) in [5.41, 5.74) is 1.88. The van der Waals surface area contributed by atoms with E-state index >= 15 is 0 Å². The molecule has 1 atom stereocenters. The molecule has 32 heavy (non-hydrogen) atoms. The lowest BCUT2D eigenvalue weighted by atomic mass is 10.0. The predicted molar refractivity (Wildman–Crippen MR) is 114 cm³/mol. The summed E-state index contributed by atoms with van der Waals surface area (Å²) in [5, 5.41) is 18.0. The van der Waals surface area contributed by atoms with E-state index in [1.54, 1.807) is 41.2 Å². The Balaban J connectivity index is 1.21. The van der Waals surface area contributed by atoms with E-state index in [1.807, 2.05) is 4.90 Å². The second-order valence-corrected chi connectivity index (χ2v) is 8.78. The van der Waals surface area contributed by atoms with Crippen molar-refractivity contribution >= 4 is 28.4 Å². The van der Waals surface area contributed by atoms with Gasteiger partial charge in [-0.15, -0.1) is 0 Å². The summed E-state index contributed by atoms with van der Waals surface area (Å²) in [5.74, 6) is -0.446. The van der Waals surface area contributed by atoms with E-state index in [2.05, 4.69) is 15.4 Å². The van der Waals surface area contributed by atoms with Crippen molar-refractivity contribution < 1.29 is 19.1 Å². The maximum absolute atomic E-state index is 13.4. The molecule has 2 N–H and O–H groups in total. The van der Waals surface area contributed by atoms with Crippen LogP contribution in [0.2, 0.25) is 0 Å². The van der Waals surface area contributed by atoms with Crippen LogP contribution in [-0.4, -0.2) is 55.6 Å². The molecule has 0 bridgehead atoms. The number of benzene rings is 1. The van der Waals surface area contributed by atoms with Gasteiger partial charge in [0.1, 0.15) is 11.3 Å². The molecule has 6 rings (SSSR count). The smallest absolute Gasteiger partial charge is 0.271 e. The Bertz CT molecular complexity index is 1340. The number of carbonyl (C=O) groups is 2. The Morgan fingerprint density at radius 3 is 2.97 bits per heavy atom. The molecule has 1 saturated heterocycles. The average molecular weight is 431 g/mol. The minimum absolute atomic E-state index is 0.0187. The highest BCUT2D eigenvalue weighted by atomic mass is 16.3. The zero-order valence-corrected chi connectivity index (χ0v) is 17.2. The molecular weight excluding hydrogens is 410 g/mol. The van der Waals surface area contributed by atoms with Gasteiger partial charge in [-0.3, -0.25) is 9.59 Å². The molecule has 1 aliphatic carbocycles. The van der Waals surface area contributed by atoms with Crippen LogP contribution >= 0.6 is 0 Å². The number of nitrogens with zero attached hydrogens (tertiary/aromatic N) is 4. The number of carbonyl (C=O) groups excluding carboxylic acids is 2. The topological polar surface area (TPSA) is 113 Å². The van der Waals surface area contributed by atoms with E-state index in [9.17, 15) is 14.7 Å². The summed E-state index contributed by atoms with van der Waals surface area (Å²) in [7, 11) is 0. The van der Waals surface area contributed by atoms with Gasteiger partial charge in [0.2, 0.25) is 0 Å². The molecule has 2 fully saturated rings. The van der Waals surface area contributed by atoms with E-state index in [4.69, 9.17) is 4.42 Å². The zero-order chi connectivity index (χ0) is 21.9. The van der Waals surface area contributed by atoms with Crippen LogP contribution in [0.3, 0.4) is 0 Å². The number of nitrogens with one attached hydrogen (secondary N) is 1. The van der Waals surface area contributed by atoms with E-state index in [0.29, 0.717) is 35.3 Å². The first-order valence-corrected chi connectivity index (χ1v) is 10.6. The molecule has 0 radical (unpaired) electrons. The third-order valence-corrected chi connectivity index (χ3v) is 6.60. The summed E-state index contributed by atoms with van der Waals surface area (Å²) >= 11 is 0. The van der Waals surface area contributed by atoms with Crippen molar-refractivity contribution in [3.8, 4) is 5.75 Å². The van der Waals surface area contributed by atoms with Gasteiger partial charge in [0, 0.05) is 43.2 Å². The maximum Gasteiger partial charge on any atom is 0.271 e. The third-order valence-electron chi connectivity index (χ3n) is 6.60. The number of phenols is 1. The van der Waals surface area contributed by atoms with Crippen LogP contribution in [-0.2, 0) is 0 Å². The normalized spacial score (nSPS) is 19.1. The monoisotopic (exact) mass is 431 g/mol. The lowest BCUT2D eigenvalue weighted by molar-refractivity contribution is 0.0719. The number of phenolic OH excluding ortho intramolecular Hbond substituents is 1. The van der Waals surface area contributed by atoms with E-state index < -0.39 is 0 Å². The second kappa shape index (κ2) is 6.81. The summed E-state index contributed by atoms with van der Waals surface area (Å²) in [6.07, 6.45) is 7.89. The number of hydrogen-bond acceptors (Lipinski definition) is 6. The lowest BCUT2D eigenvalue weighted by Gasteiger charge is -2.25. The Labute approximate surface area is 182 Å². The molecule has 9 heteroatoms. The third kappa shape index (κ3) is 3.08. The van der Waals surface area contributed by atoms with Gasteiger partial charge in [-0.05, 0) is 48.9 Å². The van der Waals surface area contributed by atoms with Crippen molar-refractivity contribution in [2.75, 3.05) is 13.1 Å². The van der Waals surface area contributed by atoms with Crippen LogP contribution < -0.4 is 5.32 Å². The van der Waals surface area contributed by atoms with Crippen molar-refractivity contribution in [1.29, 1.82) is 0 Å². The van der Waals surface area contributed by atoms with E-state index in [0.717, 1.165) is 19.3 Å². The first-order chi connectivity index (χ1) is 15.5. The highest BCUT2D eigenvalue weighted by molar-refractivity contribution is 6.00. The SMILES string of the molecule is O=C(NCC1CC2(CC2)CN1C(=O)c1cc(O)c2ccoc2c1)c1cc2ncccn2n1. The first-order valence-electron chi connectivity index (χ1n) is 10.6. The number of hydrogen-bond donors (Lipinski definition) is 2. The van der Waals surface area contributed by atoms with Crippen molar-refractivity contribution in [2.24, 2.45) is 5.41 Å². The van der Waals surface area contributed by atoms with Crippen LogP contribution in [0, 0.1) is 5.41 Å². The fourth-order valence-corrected chi connectivity index (χ4v) is 4.71. The number of likely N-dealkylation sites (tertiary alicyclic amines) is 1. The molecular formula is C23H21N5O4. The number of furan rings is 1. The van der Waals surface area contributed by atoms with Gasteiger partial charge in [0.15, 0.2) is 11.3 Å². The number of rotatable bonds is 4. The minimum atomic E-state index is -0.297. The van der Waals surface area contributed by atoms with E-state index in [-0.39, 0.29) is 34.7 Å². The number of aromatic nitrogens is 3. The molecule has 1 spiro atoms. The van der Waals surface area contributed by atoms with Gasteiger partial charge in [-0.25, -0.2) is 9.50 Å². The predicted octanol–water partition coefficient (Wildman–Crippen LogP) is 2.61. The van der Waals surface area contributed by atoms with Crippen molar-refractivity contribution in [3.63, 3.8) is 0 Å². The Morgan fingerprint density at radius 1 is 1.28 bits per heavy atom. The van der Waals surface area contributed by atoms with Crippen LogP contribution in [0.15, 0.2) is 53.4 Å². The molecule has 2 aliphatic rings. The molecule has 1 aliphatic heterocycles. The molecule has 1 saturated carbocycles. The Hall–Kier alpha value is -3.88. The van der Waals surface area contributed by atoms with Gasteiger partial charge >= 0.3 is 0 Å². The Kier molecular flexibility index (Phi) is 4.01. The number of aromatic hydroxyl groups is 1. The van der Waals surface area contributed by atoms with Gasteiger partial charge in [-0.2, -0.15) is 5.10 Å². The van der Waals surface area contributed by atoms with Gasteiger partial charge in [0.05, 0.1) is 11.6 Å². The summed E-state index contributed by atoms with van der Waals surface area (Å²) in [4.78, 5) is 32.1. The standard InChI is InChI=1S/C23H21N5O4/c29-18-8-14(9-19-16(18)2-7-32-19)22(31)27-13-23(3-4-23)11-15(27)12-25-21(30)17-10-20-24-5-1-6-28(20)26-17/h1-2,5-10,15,29H,3-4,11-13H2,(H,25,30). The second-order valence-electron chi connectivity index (χ2n) is 8.78. The zero-order valence-electron chi connectivity index (χ0n) is 17.2.